The van der Waals surface area contributed by atoms with E-state index < -0.39 is 0 Å². The Morgan fingerprint density at radius 1 is 1.43 bits per heavy atom. The number of hydrogen-bond donors (Lipinski definition) is 2. The lowest BCUT2D eigenvalue weighted by Crippen LogP contribution is -2.34. The summed E-state index contributed by atoms with van der Waals surface area (Å²) in [5.41, 5.74) is 0.306. The predicted molar refractivity (Wildman–Crippen MR) is 53.2 cm³/mol. The van der Waals surface area contributed by atoms with Crippen LogP contribution in [0, 0.1) is 0 Å². The zero-order valence-electron chi connectivity index (χ0n) is 8.08. The fourth-order valence-corrected chi connectivity index (χ4v) is 1.32. The number of phenols is 1. The van der Waals surface area contributed by atoms with Crippen LogP contribution in [0.1, 0.15) is 30.1 Å². The molecule has 14 heavy (non-hydrogen) atoms. The van der Waals surface area contributed by atoms with Crippen molar-refractivity contribution in [2.24, 2.45) is 0 Å². The molecule has 1 aromatic rings. The SMILES string of the molecule is CC1(NC(=O)c2ccccc2O)CC1. The molecule has 0 spiro atoms. The van der Waals surface area contributed by atoms with Crippen LogP contribution in [0.15, 0.2) is 24.3 Å². The molecule has 1 aliphatic rings. The van der Waals surface area contributed by atoms with Crippen molar-refractivity contribution in [3.05, 3.63) is 29.8 Å². The van der Waals surface area contributed by atoms with Gasteiger partial charge in [0.15, 0.2) is 0 Å². The molecule has 0 atom stereocenters. The first-order valence-electron chi connectivity index (χ1n) is 4.71. The normalized spacial score (nSPS) is 17.5. The highest BCUT2D eigenvalue weighted by Gasteiger charge is 2.39. The molecule has 0 unspecified atom stereocenters. The van der Waals surface area contributed by atoms with Crippen LogP contribution in [0.4, 0.5) is 0 Å². The molecular formula is C11H13NO2. The van der Waals surface area contributed by atoms with Gasteiger partial charge < -0.3 is 10.4 Å². The minimum atomic E-state index is -0.192. The van der Waals surface area contributed by atoms with Gasteiger partial charge in [0.2, 0.25) is 0 Å². The molecule has 1 amide bonds. The molecule has 74 valence electrons. The molecule has 0 aliphatic heterocycles. The molecule has 0 radical (unpaired) electrons. The van der Waals surface area contributed by atoms with Gasteiger partial charge in [0.1, 0.15) is 5.75 Å². The van der Waals surface area contributed by atoms with E-state index in [0.717, 1.165) is 12.8 Å². The standard InChI is InChI=1S/C11H13NO2/c1-11(6-7-11)12-10(14)8-4-2-3-5-9(8)13/h2-5,13H,6-7H2,1H3,(H,12,14). The molecule has 1 aliphatic carbocycles. The van der Waals surface area contributed by atoms with Crippen LogP contribution in [0.3, 0.4) is 0 Å². The summed E-state index contributed by atoms with van der Waals surface area (Å²) < 4.78 is 0. The van der Waals surface area contributed by atoms with E-state index in [1.54, 1.807) is 18.2 Å². The number of rotatable bonds is 2. The van der Waals surface area contributed by atoms with Crippen molar-refractivity contribution >= 4 is 5.91 Å². The Morgan fingerprint density at radius 3 is 2.64 bits per heavy atom. The maximum absolute atomic E-state index is 11.7. The zero-order chi connectivity index (χ0) is 10.2. The topological polar surface area (TPSA) is 49.3 Å². The molecular weight excluding hydrogens is 178 g/mol. The highest BCUT2D eigenvalue weighted by Crippen LogP contribution is 2.34. The second-order valence-electron chi connectivity index (χ2n) is 4.03. The minimum absolute atomic E-state index is 0.0363. The molecule has 1 aromatic carbocycles. The van der Waals surface area contributed by atoms with Crippen molar-refractivity contribution in [2.75, 3.05) is 0 Å². The molecule has 0 heterocycles. The lowest BCUT2D eigenvalue weighted by atomic mass is 10.1. The predicted octanol–water partition coefficient (Wildman–Crippen LogP) is 1.67. The van der Waals surface area contributed by atoms with Crippen LogP contribution in [0.5, 0.6) is 5.75 Å². The Bertz CT molecular complexity index is 369. The fraction of sp³-hybridized carbons (Fsp3) is 0.364. The highest BCUT2D eigenvalue weighted by atomic mass is 16.3. The van der Waals surface area contributed by atoms with Crippen molar-refractivity contribution in [3.63, 3.8) is 0 Å². The van der Waals surface area contributed by atoms with E-state index in [9.17, 15) is 9.90 Å². The Labute approximate surface area is 82.8 Å². The van der Waals surface area contributed by atoms with Gasteiger partial charge in [-0.3, -0.25) is 4.79 Å². The number of carbonyl (C=O) groups excluding carboxylic acids is 1. The van der Waals surface area contributed by atoms with Gasteiger partial charge in [-0.1, -0.05) is 12.1 Å². The number of phenolic OH excluding ortho intramolecular Hbond substituents is 1. The van der Waals surface area contributed by atoms with Gasteiger partial charge in [0.05, 0.1) is 5.56 Å². The molecule has 0 bridgehead atoms. The Kier molecular flexibility index (Phi) is 1.95. The van der Waals surface area contributed by atoms with Crippen molar-refractivity contribution in [1.82, 2.24) is 5.32 Å². The van der Waals surface area contributed by atoms with Gasteiger partial charge >= 0.3 is 0 Å². The summed E-state index contributed by atoms with van der Waals surface area (Å²) >= 11 is 0. The van der Waals surface area contributed by atoms with Gasteiger partial charge in [-0.2, -0.15) is 0 Å². The zero-order valence-corrected chi connectivity index (χ0v) is 8.08. The average molecular weight is 191 g/mol. The summed E-state index contributed by atoms with van der Waals surface area (Å²) in [7, 11) is 0. The first-order valence-corrected chi connectivity index (χ1v) is 4.71. The summed E-state index contributed by atoms with van der Waals surface area (Å²) in [6.07, 6.45) is 2.04. The second-order valence-corrected chi connectivity index (χ2v) is 4.03. The van der Waals surface area contributed by atoms with E-state index in [-0.39, 0.29) is 17.2 Å². The Balaban J connectivity index is 2.15. The lowest BCUT2D eigenvalue weighted by molar-refractivity contribution is 0.0933. The second kappa shape index (κ2) is 3.01. The van der Waals surface area contributed by atoms with Crippen molar-refractivity contribution in [3.8, 4) is 5.75 Å². The van der Waals surface area contributed by atoms with Crippen LogP contribution in [0.2, 0.25) is 0 Å². The van der Waals surface area contributed by atoms with Crippen molar-refractivity contribution < 1.29 is 9.90 Å². The summed E-state index contributed by atoms with van der Waals surface area (Å²) in [5, 5.41) is 12.3. The summed E-state index contributed by atoms with van der Waals surface area (Å²) in [6, 6.07) is 6.58. The van der Waals surface area contributed by atoms with Gasteiger partial charge in [-0.05, 0) is 31.9 Å². The largest absolute Gasteiger partial charge is 0.507 e. The third kappa shape index (κ3) is 1.71. The van der Waals surface area contributed by atoms with Crippen LogP contribution >= 0.6 is 0 Å². The highest BCUT2D eigenvalue weighted by molar-refractivity contribution is 5.97. The van der Waals surface area contributed by atoms with E-state index in [1.165, 1.54) is 6.07 Å². The van der Waals surface area contributed by atoms with E-state index in [1.807, 2.05) is 6.92 Å². The average Bonchev–Trinajstić information content (AvgIpc) is 2.84. The smallest absolute Gasteiger partial charge is 0.255 e. The maximum Gasteiger partial charge on any atom is 0.255 e. The molecule has 0 saturated heterocycles. The number of aromatic hydroxyl groups is 1. The number of carbonyl (C=O) groups is 1. The van der Waals surface area contributed by atoms with E-state index in [0.29, 0.717) is 5.56 Å². The molecule has 1 saturated carbocycles. The quantitative estimate of drug-likeness (QED) is 0.747. The summed E-state index contributed by atoms with van der Waals surface area (Å²) in [5.74, 6) is -0.155. The van der Waals surface area contributed by atoms with E-state index in [4.69, 9.17) is 0 Å². The summed E-state index contributed by atoms with van der Waals surface area (Å²) in [6.45, 7) is 2.00. The molecule has 2 N–H and O–H groups in total. The van der Waals surface area contributed by atoms with Crippen LogP contribution in [0.25, 0.3) is 0 Å². The van der Waals surface area contributed by atoms with Crippen LogP contribution in [-0.4, -0.2) is 16.6 Å². The lowest BCUT2D eigenvalue weighted by Gasteiger charge is -2.11. The van der Waals surface area contributed by atoms with Gasteiger partial charge in [-0.15, -0.1) is 0 Å². The maximum atomic E-state index is 11.7. The third-order valence-corrected chi connectivity index (χ3v) is 2.56. The van der Waals surface area contributed by atoms with Crippen LogP contribution in [-0.2, 0) is 0 Å². The molecule has 1 fully saturated rings. The minimum Gasteiger partial charge on any atom is -0.507 e. The molecule has 2 rings (SSSR count). The number of para-hydroxylation sites is 1. The first-order chi connectivity index (χ1) is 6.61. The number of amides is 1. The fourth-order valence-electron chi connectivity index (χ4n) is 1.32. The number of nitrogens with one attached hydrogen (secondary N) is 1. The monoisotopic (exact) mass is 191 g/mol. The Hall–Kier alpha value is -1.51. The summed E-state index contributed by atoms with van der Waals surface area (Å²) in [4.78, 5) is 11.7. The Morgan fingerprint density at radius 2 is 2.07 bits per heavy atom. The van der Waals surface area contributed by atoms with Gasteiger partial charge in [-0.25, -0.2) is 0 Å². The van der Waals surface area contributed by atoms with E-state index in [2.05, 4.69) is 5.32 Å². The number of hydrogen-bond acceptors (Lipinski definition) is 2. The third-order valence-electron chi connectivity index (χ3n) is 2.56. The molecule has 3 nitrogen and oxygen atoms in total. The van der Waals surface area contributed by atoms with Crippen LogP contribution < -0.4 is 5.32 Å². The van der Waals surface area contributed by atoms with Crippen molar-refractivity contribution in [2.45, 2.75) is 25.3 Å². The number of benzene rings is 1. The first kappa shape index (κ1) is 9.06. The van der Waals surface area contributed by atoms with Crippen molar-refractivity contribution in [1.29, 1.82) is 0 Å². The van der Waals surface area contributed by atoms with E-state index >= 15 is 0 Å². The van der Waals surface area contributed by atoms with Gasteiger partial charge in [0.25, 0.3) is 5.91 Å². The molecule has 3 heteroatoms. The molecule has 0 aromatic heterocycles. The van der Waals surface area contributed by atoms with Gasteiger partial charge in [0, 0.05) is 5.54 Å².